The molecule has 4 aromatic rings. The average molecular weight is 396 g/mol. The van der Waals surface area contributed by atoms with Crippen LogP contribution in [0.2, 0.25) is 0 Å². The average Bonchev–Trinajstić information content (AvgIpc) is 3.20. The van der Waals surface area contributed by atoms with Crippen LogP contribution in [0.5, 0.6) is 0 Å². The van der Waals surface area contributed by atoms with E-state index in [4.69, 9.17) is 0 Å². The summed E-state index contributed by atoms with van der Waals surface area (Å²) in [4.78, 5) is 19.7. The molecule has 0 aliphatic heterocycles. The molecule has 1 unspecified atom stereocenters. The number of aryl methyl sites for hydroxylation is 1. The first-order chi connectivity index (χ1) is 14.7. The molecule has 2 aromatic heterocycles. The number of hydrogen-bond acceptors (Lipinski definition) is 3. The fraction of sp³-hybridized carbons (Fsp3) is 0.240. The summed E-state index contributed by atoms with van der Waals surface area (Å²) in [5, 5.41) is 5.37. The lowest BCUT2D eigenvalue weighted by molar-refractivity contribution is 0.0715. The normalized spacial score (nSPS) is 15.7. The van der Waals surface area contributed by atoms with E-state index in [1.165, 1.54) is 16.7 Å². The number of carbonyl (C=O) groups excluding carboxylic acids is 1. The Balaban J connectivity index is 1.40. The zero-order valence-electron chi connectivity index (χ0n) is 17.0. The third kappa shape index (κ3) is 3.36. The van der Waals surface area contributed by atoms with Gasteiger partial charge in [0.05, 0.1) is 24.3 Å². The maximum atomic E-state index is 13.3. The molecule has 0 saturated heterocycles. The van der Waals surface area contributed by atoms with Crippen LogP contribution in [-0.4, -0.2) is 32.6 Å². The van der Waals surface area contributed by atoms with Crippen molar-refractivity contribution in [3.8, 4) is 0 Å². The van der Waals surface area contributed by atoms with Gasteiger partial charge < -0.3 is 4.90 Å². The highest BCUT2D eigenvalue weighted by molar-refractivity contribution is 5.97. The molecule has 5 heteroatoms. The van der Waals surface area contributed by atoms with Crippen LogP contribution < -0.4 is 0 Å². The Kier molecular flexibility index (Phi) is 4.79. The first kappa shape index (κ1) is 18.6. The van der Waals surface area contributed by atoms with Gasteiger partial charge in [0, 0.05) is 18.6 Å². The highest BCUT2D eigenvalue weighted by atomic mass is 16.2. The van der Waals surface area contributed by atoms with Crippen LogP contribution in [0.1, 0.15) is 45.9 Å². The summed E-state index contributed by atoms with van der Waals surface area (Å²) in [6.45, 7) is 0.656. The van der Waals surface area contributed by atoms with Gasteiger partial charge in [-0.25, -0.2) is 9.67 Å². The number of aromatic nitrogens is 3. The van der Waals surface area contributed by atoms with Crippen molar-refractivity contribution >= 4 is 16.9 Å². The Labute approximate surface area is 176 Å². The van der Waals surface area contributed by atoms with Crippen molar-refractivity contribution < 1.29 is 4.79 Å². The minimum absolute atomic E-state index is 0.00177. The Bertz CT molecular complexity index is 1200. The van der Waals surface area contributed by atoms with E-state index in [0.29, 0.717) is 12.1 Å². The second-order valence-electron chi connectivity index (χ2n) is 7.95. The summed E-state index contributed by atoms with van der Waals surface area (Å²) >= 11 is 0. The quantitative estimate of drug-likeness (QED) is 0.505. The summed E-state index contributed by atoms with van der Waals surface area (Å²) in [5.74, 6) is 0.00177. The van der Waals surface area contributed by atoms with Gasteiger partial charge in [-0.3, -0.25) is 4.79 Å². The van der Waals surface area contributed by atoms with Gasteiger partial charge in [0.15, 0.2) is 5.65 Å². The Morgan fingerprint density at radius 1 is 1.10 bits per heavy atom. The molecule has 0 saturated carbocycles. The van der Waals surface area contributed by atoms with Crippen LogP contribution in [-0.2, 0) is 13.0 Å². The van der Waals surface area contributed by atoms with Gasteiger partial charge in [0.2, 0.25) is 0 Å². The van der Waals surface area contributed by atoms with E-state index in [2.05, 4.69) is 46.5 Å². The van der Waals surface area contributed by atoms with Crippen molar-refractivity contribution in [3.05, 3.63) is 95.3 Å². The number of nitrogens with zero attached hydrogens (tertiary/aromatic N) is 4. The largest absolute Gasteiger partial charge is 0.335 e. The molecule has 1 aliphatic rings. The maximum absolute atomic E-state index is 13.3. The summed E-state index contributed by atoms with van der Waals surface area (Å²) in [5.41, 5.74) is 5.18. The second kappa shape index (κ2) is 7.75. The minimum Gasteiger partial charge on any atom is -0.335 e. The Morgan fingerprint density at radius 3 is 2.77 bits per heavy atom. The Morgan fingerprint density at radius 2 is 1.90 bits per heavy atom. The summed E-state index contributed by atoms with van der Waals surface area (Å²) in [7, 11) is 1.90. The van der Waals surface area contributed by atoms with Crippen molar-refractivity contribution in [2.75, 3.05) is 7.05 Å². The molecule has 5 rings (SSSR count). The minimum atomic E-state index is 0.00177. The lowest BCUT2D eigenvalue weighted by Crippen LogP contribution is -2.33. The zero-order chi connectivity index (χ0) is 20.5. The fourth-order valence-electron chi connectivity index (χ4n) is 4.44. The van der Waals surface area contributed by atoms with Crippen LogP contribution in [0.15, 0.2) is 73.1 Å². The van der Waals surface area contributed by atoms with Gasteiger partial charge >= 0.3 is 0 Å². The monoisotopic (exact) mass is 396 g/mol. The lowest BCUT2D eigenvalue weighted by Gasteiger charge is -2.33. The first-order valence-electron chi connectivity index (χ1n) is 10.4. The predicted octanol–water partition coefficient (Wildman–Crippen LogP) is 4.63. The standard InChI is InChI=1S/C25H24N4O/c1-28(23-13-7-11-19-10-5-6-12-22(19)23)25(30)21-14-20-16-27-29(24(20)26-15-21)17-18-8-3-2-4-9-18/h2-6,8-10,12,14-16,23H,7,11,13,17H2,1H3. The molecule has 30 heavy (non-hydrogen) atoms. The molecular formula is C25H24N4O. The third-order valence-corrected chi connectivity index (χ3v) is 6.02. The molecule has 2 aromatic carbocycles. The second-order valence-corrected chi connectivity index (χ2v) is 7.95. The zero-order valence-corrected chi connectivity index (χ0v) is 17.0. The fourth-order valence-corrected chi connectivity index (χ4v) is 4.44. The number of carbonyl (C=O) groups is 1. The van der Waals surface area contributed by atoms with Crippen LogP contribution in [0.4, 0.5) is 0 Å². The smallest absolute Gasteiger partial charge is 0.255 e. The van der Waals surface area contributed by atoms with Crippen molar-refractivity contribution in [1.29, 1.82) is 0 Å². The molecular weight excluding hydrogens is 372 g/mol. The third-order valence-electron chi connectivity index (χ3n) is 6.02. The van der Waals surface area contributed by atoms with E-state index in [0.717, 1.165) is 30.3 Å². The molecule has 1 atom stereocenters. The topological polar surface area (TPSA) is 51.0 Å². The van der Waals surface area contributed by atoms with Crippen molar-refractivity contribution in [3.63, 3.8) is 0 Å². The highest BCUT2D eigenvalue weighted by Gasteiger charge is 2.27. The Hall–Kier alpha value is -3.47. The van der Waals surface area contributed by atoms with Gasteiger partial charge in [-0.2, -0.15) is 5.10 Å². The first-order valence-corrected chi connectivity index (χ1v) is 10.4. The molecule has 0 fully saturated rings. The summed E-state index contributed by atoms with van der Waals surface area (Å²) < 4.78 is 1.88. The molecule has 1 amide bonds. The lowest BCUT2D eigenvalue weighted by atomic mass is 9.87. The van der Waals surface area contributed by atoms with Crippen LogP contribution in [0.25, 0.3) is 11.0 Å². The molecule has 1 aliphatic carbocycles. The van der Waals surface area contributed by atoms with E-state index in [1.807, 2.05) is 40.9 Å². The number of rotatable bonds is 4. The van der Waals surface area contributed by atoms with Gasteiger partial charge in [-0.15, -0.1) is 0 Å². The SMILES string of the molecule is CN(C(=O)c1cnc2c(cnn2Cc2ccccc2)c1)C1CCCc2ccccc21. The molecule has 0 N–H and O–H groups in total. The number of pyridine rings is 1. The molecule has 0 radical (unpaired) electrons. The number of benzene rings is 2. The van der Waals surface area contributed by atoms with E-state index < -0.39 is 0 Å². The van der Waals surface area contributed by atoms with E-state index in [9.17, 15) is 4.79 Å². The predicted molar refractivity (Wildman–Crippen MR) is 117 cm³/mol. The number of fused-ring (bicyclic) bond motifs is 2. The number of amides is 1. The van der Waals surface area contributed by atoms with Crippen LogP contribution >= 0.6 is 0 Å². The highest BCUT2D eigenvalue weighted by Crippen LogP contribution is 2.34. The molecule has 5 nitrogen and oxygen atoms in total. The van der Waals surface area contributed by atoms with E-state index >= 15 is 0 Å². The molecule has 0 bridgehead atoms. The molecule has 2 heterocycles. The van der Waals surface area contributed by atoms with Gasteiger partial charge in [-0.05, 0) is 42.0 Å². The van der Waals surface area contributed by atoms with Crippen LogP contribution in [0, 0.1) is 0 Å². The van der Waals surface area contributed by atoms with Crippen molar-refractivity contribution in [2.45, 2.75) is 31.8 Å². The molecule has 150 valence electrons. The van der Waals surface area contributed by atoms with Crippen molar-refractivity contribution in [1.82, 2.24) is 19.7 Å². The van der Waals surface area contributed by atoms with Gasteiger partial charge in [0.25, 0.3) is 5.91 Å². The van der Waals surface area contributed by atoms with E-state index in [1.54, 1.807) is 12.4 Å². The van der Waals surface area contributed by atoms with E-state index in [-0.39, 0.29) is 11.9 Å². The van der Waals surface area contributed by atoms with Gasteiger partial charge in [0.1, 0.15) is 0 Å². The summed E-state index contributed by atoms with van der Waals surface area (Å²) in [6.07, 6.45) is 6.65. The number of hydrogen-bond donors (Lipinski definition) is 0. The summed E-state index contributed by atoms with van der Waals surface area (Å²) in [6, 6.07) is 20.7. The maximum Gasteiger partial charge on any atom is 0.255 e. The van der Waals surface area contributed by atoms with Gasteiger partial charge in [-0.1, -0.05) is 54.6 Å². The molecule has 0 spiro atoms. The van der Waals surface area contributed by atoms with Crippen LogP contribution in [0.3, 0.4) is 0 Å². The van der Waals surface area contributed by atoms with Crippen molar-refractivity contribution in [2.24, 2.45) is 0 Å².